The molecular weight excluding hydrogens is 269 g/mol. The lowest BCUT2D eigenvalue weighted by Gasteiger charge is -2.17. The SMILES string of the molecule is Cc1cc(OCCN(C)C)c(C(C)C)cc1Cl.Cl. The van der Waals surface area contributed by atoms with Gasteiger partial charge in [0.1, 0.15) is 12.4 Å². The van der Waals surface area contributed by atoms with Gasteiger partial charge < -0.3 is 9.64 Å². The Balaban J connectivity index is 0.00000289. The summed E-state index contributed by atoms with van der Waals surface area (Å²) in [6.07, 6.45) is 0. The zero-order valence-electron chi connectivity index (χ0n) is 11.8. The molecule has 0 aliphatic heterocycles. The van der Waals surface area contributed by atoms with E-state index in [1.54, 1.807) is 0 Å². The highest BCUT2D eigenvalue weighted by Crippen LogP contribution is 2.31. The number of benzene rings is 1. The molecule has 0 amide bonds. The zero-order valence-corrected chi connectivity index (χ0v) is 13.4. The van der Waals surface area contributed by atoms with E-state index in [1.807, 2.05) is 33.2 Å². The zero-order chi connectivity index (χ0) is 13.0. The smallest absolute Gasteiger partial charge is 0.123 e. The van der Waals surface area contributed by atoms with Gasteiger partial charge in [0.25, 0.3) is 0 Å². The summed E-state index contributed by atoms with van der Waals surface area (Å²) in [5.74, 6) is 1.38. The number of halogens is 2. The third-order valence-corrected chi connectivity index (χ3v) is 3.12. The van der Waals surface area contributed by atoms with Crippen LogP contribution in [0.3, 0.4) is 0 Å². The predicted octanol–water partition coefficient (Wildman–Crippen LogP) is 4.13. The van der Waals surface area contributed by atoms with Gasteiger partial charge in [-0.15, -0.1) is 12.4 Å². The number of ether oxygens (including phenoxy) is 1. The van der Waals surface area contributed by atoms with E-state index in [9.17, 15) is 0 Å². The molecule has 0 heterocycles. The van der Waals surface area contributed by atoms with E-state index < -0.39 is 0 Å². The lowest BCUT2D eigenvalue weighted by Crippen LogP contribution is -2.19. The van der Waals surface area contributed by atoms with Gasteiger partial charge >= 0.3 is 0 Å². The molecule has 0 radical (unpaired) electrons. The maximum absolute atomic E-state index is 6.15. The van der Waals surface area contributed by atoms with Crippen molar-refractivity contribution in [1.82, 2.24) is 4.90 Å². The molecule has 0 spiro atoms. The molecule has 1 aromatic rings. The van der Waals surface area contributed by atoms with Crippen LogP contribution in [0.2, 0.25) is 5.02 Å². The van der Waals surface area contributed by atoms with Crippen molar-refractivity contribution in [2.75, 3.05) is 27.2 Å². The molecule has 1 rings (SSSR count). The van der Waals surface area contributed by atoms with Crippen LogP contribution in [0, 0.1) is 6.92 Å². The summed E-state index contributed by atoms with van der Waals surface area (Å²) in [4.78, 5) is 2.11. The molecule has 4 heteroatoms. The van der Waals surface area contributed by atoms with E-state index in [2.05, 4.69) is 18.7 Å². The van der Waals surface area contributed by atoms with E-state index in [0.717, 1.165) is 22.9 Å². The van der Waals surface area contributed by atoms with Crippen LogP contribution in [0.15, 0.2) is 12.1 Å². The first-order valence-electron chi connectivity index (χ1n) is 5.99. The fraction of sp³-hybridized carbons (Fsp3) is 0.571. The highest BCUT2D eigenvalue weighted by molar-refractivity contribution is 6.31. The van der Waals surface area contributed by atoms with Gasteiger partial charge in [0, 0.05) is 11.6 Å². The first-order valence-corrected chi connectivity index (χ1v) is 6.37. The quantitative estimate of drug-likeness (QED) is 0.809. The van der Waals surface area contributed by atoms with Gasteiger partial charge in [-0.1, -0.05) is 25.4 Å². The van der Waals surface area contributed by atoms with Crippen LogP contribution in [-0.4, -0.2) is 32.1 Å². The second-order valence-electron chi connectivity index (χ2n) is 4.95. The molecule has 0 bridgehead atoms. The molecular formula is C14H23Cl2NO. The van der Waals surface area contributed by atoms with Gasteiger partial charge in [0.05, 0.1) is 0 Å². The Bertz CT molecular complexity index is 378. The summed E-state index contributed by atoms with van der Waals surface area (Å²) in [5, 5.41) is 0.814. The lowest BCUT2D eigenvalue weighted by atomic mass is 10.0. The third kappa shape index (κ3) is 5.05. The fourth-order valence-corrected chi connectivity index (χ4v) is 1.76. The summed E-state index contributed by atoms with van der Waals surface area (Å²) >= 11 is 6.15. The molecule has 0 unspecified atom stereocenters. The van der Waals surface area contributed by atoms with Gasteiger partial charge in [0.15, 0.2) is 0 Å². The van der Waals surface area contributed by atoms with Crippen molar-refractivity contribution in [3.05, 3.63) is 28.3 Å². The van der Waals surface area contributed by atoms with Crippen molar-refractivity contribution in [3.8, 4) is 5.75 Å². The van der Waals surface area contributed by atoms with Gasteiger partial charge in [-0.25, -0.2) is 0 Å². The minimum Gasteiger partial charge on any atom is -0.492 e. The third-order valence-electron chi connectivity index (χ3n) is 2.71. The first kappa shape index (κ1) is 17.6. The minimum atomic E-state index is 0. The Morgan fingerprint density at radius 2 is 1.89 bits per heavy atom. The molecule has 0 fully saturated rings. The summed E-state index contributed by atoms with van der Waals surface area (Å²) in [5.41, 5.74) is 2.25. The largest absolute Gasteiger partial charge is 0.492 e. The van der Waals surface area contributed by atoms with Crippen LogP contribution in [-0.2, 0) is 0 Å². The monoisotopic (exact) mass is 291 g/mol. The molecule has 1 aromatic carbocycles. The second kappa shape index (κ2) is 7.88. The van der Waals surface area contributed by atoms with Crippen LogP contribution in [0.25, 0.3) is 0 Å². The molecule has 18 heavy (non-hydrogen) atoms. The van der Waals surface area contributed by atoms with Crippen molar-refractivity contribution in [2.24, 2.45) is 0 Å². The van der Waals surface area contributed by atoms with Gasteiger partial charge in [-0.3, -0.25) is 0 Å². The Hall–Kier alpha value is -0.440. The van der Waals surface area contributed by atoms with E-state index >= 15 is 0 Å². The average molecular weight is 292 g/mol. The summed E-state index contributed by atoms with van der Waals surface area (Å²) < 4.78 is 5.84. The molecule has 0 aliphatic rings. The highest BCUT2D eigenvalue weighted by Gasteiger charge is 2.11. The van der Waals surface area contributed by atoms with Gasteiger partial charge in [0.2, 0.25) is 0 Å². The van der Waals surface area contributed by atoms with Crippen LogP contribution in [0.1, 0.15) is 30.9 Å². The van der Waals surface area contributed by atoms with Crippen molar-refractivity contribution in [2.45, 2.75) is 26.7 Å². The Morgan fingerprint density at radius 3 is 2.39 bits per heavy atom. The Labute approximate surface area is 122 Å². The standard InChI is InChI=1S/C14H22ClNO.ClH/c1-10(2)12-9-13(15)11(3)8-14(12)17-7-6-16(4)5;/h8-10H,6-7H2,1-5H3;1H. The van der Waals surface area contributed by atoms with Crippen LogP contribution >= 0.6 is 24.0 Å². The fourth-order valence-electron chi connectivity index (χ4n) is 1.58. The van der Waals surface area contributed by atoms with Crippen molar-refractivity contribution in [1.29, 1.82) is 0 Å². The number of likely N-dealkylation sites (N-methyl/N-ethyl adjacent to an activating group) is 1. The summed E-state index contributed by atoms with van der Waals surface area (Å²) in [6, 6.07) is 4.06. The summed E-state index contributed by atoms with van der Waals surface area (Å²) in [6.45, 7) is 7.93. The van der Waals surface area contributed by atoms with Crippen molar-refractivity contribution in [3.63, 3.8) is 0 Å². The molecule has 0 aliphatic carbocycles. The maximum atomic E-state index is 6.15. The summed E-state index contributed by atoms with van der Waals surface area (Å²) in [7, 11) is 4.08. The van der Waals surface area contributed by atoms with E-state index in [0.29, 0.717) is 12.5 Å². The molecule has 104 valence electrons. The Kier molecular flexibility index (Phi) is 7.69. The van der Waals surface area contributed by atoms with Crippen molar-refractivity contribution >= 4 is 24.0 Å². The molecule has 0 aromatic heterocycles. The van der Waals surface area contributed by atoms with E-state index in [4.69, 9.17) is 16.3 Å². The average Bonchev–Trinajstić information content (AvgIpc) is 2.22. The van der Waals surface area contributed by atoms with E-state index in [-0.39, 0.29) is 12.4 Å². The lowest BCUT2D eigenvalue weighted by molar-refractivity contribution is 0.259. The molecule has 0 saturated heterocycles. The number of nitrogens with zero attached hydrogens (tertiary/aromatic N) is 1. The first-order chi connectivity index (χ1) is 7.91. The van der Waals surface area contributed by atoms with Crippen LogP contribution in [0.5, 0.6) is 5.75 Å². The van der Waals surface area contributed by atoms with Crippen molar-refractivity contribution < 1.29 is 4.74 Å². The topological polar surface area (TPSA) is 12.5 Å². The minimum absolute atomic E-state index is 0. The number of aryl methyl sites for hydroxylation is 1. The molecule has 2 nitrogen and oxygen atoms in total. The predicted molar refractivity (Wildman–Crippen MR) is 81.6 cm³/mol. The maximum Gasteiger partial charge on any atom is 0.123 e. The second-order valence-corrected chi connectivity index (χ2v) is 5.35. The highest BCUT2D eigenvalue weighted by atomic mass is 35.5. The normalized spacial score (nSPS) is 10.7. The van der Waals surface area contributed by atoms with Gasteiger partial charge in [-0.2, -0.15) is 0 Å². The van der Waals surface area contributed by atoms with Crippen LogP contribution in [0.4, 0.5) is 0 Å². The number of hydrogen-bond donors (Lipinski definition) is 0. The van der Waals surface area contributed by atoms with Crippen LogP contribution < -0.4 is 4.74 Å². The van der Waals surface area contributed by atoms with Gasteiger partial charge in [-0.05, 0) is 50.2 Å². The Morgan fingerprint density at radius 1 is 1.28 bits per heavy atom. The number of rotatable bonds is 5. The molecule has 0 saturated carbocycles. The van der Waals surface area contributed by atoms with E-state index in [1.165, 1.54) is 5.56 Å². The number of hydrogen-bond acceptors (Lipinski definition) is 2. The molecule has 0 atom stereocenters. The molecule has 0 N–H and O–H groups in total.